The van der Waals surface area contributed by atoms with Crippen LogP contribution in [0.4, 0.5) is 0 Å². The SMILES string of the molecule is CO[P@@](=O)(N[C@@H](C)C(=O)OC(C)C)Oc1cccc2ccccc12. The third-order valence-corrected chi connectivity index (χ3v) is 4.89. The van der Waals surface area contributed by atoms with Crippen LogP contribution in [0.15, 0.2) is 42.5 Å². The third-order valence-electron chi connectivity index (χ3n) is 3.27. The van der Waals surface area contributed by atoms with Gasteiger partial charge in [0.15, 0.2) is 0 Å². The number of ether oxygens (including phenoxy) is 1. The second kappa shape index (κ2) is 7.79. The van der Waals surface area contributed by atoms with Crippen molar-refractivity contribution in [2.75, 3.05) is 7.11 Å². The first-order valence-corrected chi connectivity index (χ1v) is 9.20. The lowest BCUT2D eigenvalue weighted by Gasteiger charge is -2.22. The second-order valence-electron chi connectivity index (χ2n) is 5.59. The molecular weight excluding hydrogens is 329 g/mol. The predicted octanol–water partition coefficient (Wildman–Crippen LogP) is 3.90. The van der Waals surface area contributed by atoms with Crippen LogP contribution in [0, 0.1) is 0 Å². The van der Waals surface area contributed by atoms with Crippen LogP contribution in [0.3, 0.4) is 0 Å². The number of hydrogen-bond donors (Lipinski definition) is 1. The van der Waals surface area contributed by atoms with E-state index in [9.17, 15) is 9.36 Å². The van der Waals surface area contributed by atoms with Crippen LogP contribution in [-0.4, -0.2) is 25.2 Å². The molecule has 0 bridgehead atoms. The molecule has 2 atom stereocenters. The first-order valence-electron chi connectivity index (χ1n) is 7.66. The largest absolute Gasteiger partial charge is 0.462 e. The Kier molecular flexibility index (Phi) is 5.99. The van der Waals surface area contributed by atoms with Gasteiger partial charge in [0, 0.05) is 12.5 Å². The summed E-state index contributed by atoms with van der Waals surface area (Å²) in [5.41, 5.74) is 0. The van der Waals surface area contributed by atoms with Gasteiger partial charge in [-0.3, -0.25) is 9.32 Å². The quantitative estimate of drug-likeness (QED) is 0.602. The fourth-order valence-corrected chi connectivity index (χ4v) is 3.38. The van der Waals surface area contributed by atoms with Crippen molar-refractivity contribution in [2.24, 2.45) is 0 Å². The summed E-state index contributed by atoms with van der Waals surface area (Å²) in [6, 6.07) is 12.1. The Bertz CT molecular complexity index is 756. The zero-order chi connectivity index (χ0) is 17.7. The van der Waals surface area contributed by atoms with Crippen molar-refractivity contribution in [3.63, 3.8) is 0 Å². The van der Waals surface area contributed by atoms with Gasteiger partial charge in [0.25, 0.3) is 0 Å². The minimum Gasteiger partial charge on any atom is -0.462 e. The smallest absolute Gasteiger partial charge is 0.459 e. The highest BCUT2D eigenvalue weighted by Crippen LogP contribution is 2.45. The van der Waals surface area contributed by atoms with Gasteiger partial charge in [-0.25, -0.2) is 4.57 Å². The number of carbonyl (C=O) groups is 1. The molecular formula is C17H22NO5P. The highest BCUT2D eigenvalue weighted by Gasteiger charge is 2.31. The van der Waals surface area contributed by atoms with Crippen molar-refractivity contribution in [3.05, 3.63) is 42.5 Å². The Morgan fingerprint density at radius 1 is 1.08 bits per heavy atom. The van der Waals surface area contributed by atoms with E-state index in [-0.39, 0.29) is 6.10 Å². The molecule has 0 heterocycles. The summed E-state index contributed by atoms with van der Waals surface area (Å²) < 4.78 is 28.6. The van der Waals surface area contributed by atoms with Gasteiger partial charge in [-0.2, -0.15) is 5.09 Å². The molecule has 2 aromatic rings. The second-order valence-corrected chi connectivity index (χ2v) is 7.39. The number of benzene rings is 2. The minimum absolute atomic E-state index is 0.261. The summed E-state index contributed by atoms with van der Waals surface area (Å²) in [6.07, 6.45) is -0.261. The molecule has 0 amide bonds. The molecule has 2 rings (SSSR count). The summed E-state index contributed by atoms with van der Waals surface area (Å²) in [6.45, 7) is 5.03. The molecule has 0 fully saturated rings. The van der Waals surface area contributed by atoms with Gasteiger partial charge in [-0.1, -0.05) is 36.4 Å². The highest BCUT2D eigenvalue weighted by atomic mass is 31.2. The lowest BCUT2D eigenvalue weighted by molar-refractivity contribution is -0.149. The fourth-order valence-electron chi connectivity index (χ4n) is 2.15. The van der Waals surface area contributed by atoms with Gasteiger partial charge in [0.1, 0.15) is 11.8 Å². The van der Waals surface area contributed by atoms with Gasteiger partial charge < -0.3 is 9.26 Å². The average Bonchev–Trinajstić information content (AvgIpc) is 2.54. The Morgan fingerprint density at radius 3 is 2.42 bits per heavy atom. The molecule has 0 spiro atoms. The number of carbonyl (C=O) groups excluding carboxylic acids is 1. The maximum absolute atomic E-state index is 12.8. The molecule has 0 radical (unpaired) electrons. The number of esters is 1. The zero-order valence-electron chi connectivity index (χ0n) is 14.2. The van der Waals surface area contributed by atoms with Gasteiger partial charge in [-0.05, 0) is 32.2 Å². The molecule has 2 aromatic carbocycles. The Morgan fingerprint density at radius 2 is 1.75 bits per heavy atom. The fraction of sp³-hybridized carbons (Fsp3) is 0.353. The predicted molar refractivity (Wildman–Crippen MR) is 93.0 cm³/mol. The van der Waals surface area contributed by atoms with Gasteiger partial charge in [-0.15, -0.1) is 0 Å². The minimum atomic E-state index is -3.73. The molecule has 24 heavy (non-hydrogen) atoms. The number of hydrogen-bond acceptors (Lipinski definition) is 5. The summed E-state index contributed by atoms with van der Waals surface area (Å²) in [7, 11) is -2.47. The molecule has 0 aliphatic carbocycles. The van der Waals surface area contributed by atoms with Crippen LogP contribution in [0.2, 0.25) is 0 Å². The van der Waals surface area contributed by atoms with E-state index in [1.807, 2.05) is 30.3 Å². The lowest BCUT2D eigenvalue weighted by Crippen LogP contribution is -2.36. The molecule has 0 saturated heterocycles. The monoisotopic (exact) mass is 351 g/mol. The van der Waals surface area contributed by atoms with E-state index < -0.39 is 19.8 Å². The van der Waals surface area contributed by atoms with Crippen molar-refractivity contribution in [2.45, 2.75) is 32.9 Å². The van der Waals surface area contributed by atoms with E-state index in [1.165, 1.54) is 7.11 Å². The van der Waals surface area contributed by atoms with Crippen molar-refractivity contribution >= 4 is 24.5 Å². The van der Waals surface area contributed by atoms with Crippen LogP contribution >= 0.6 is 7.75 Å². The highest BCUT2D eigenvalue weighted by molar-refractivity contribution is 7.52. The Labute approximate surface area is 141 Å². The molecule has 1 N–H and O–H groups in total. The molecule has 0 aliphatic rings. The summed E-state index contributed by atoms with van der Waals surface area (Å²) >= 11 is 0. The Hall–Kier alpha value is -1.88. The van der Waals surface area contributed by atoms with Crippen molar-refractivity contribution in [1.29, 1.82) is 0 Å². The van der Waals surface area contributed by atoms with E-state index >= 15 is 0 Å². The van der Waals surface area contributed by atoms with Crippen molar-refractivity contribution < 1.29 is 23.1 Å². The standard InChI is InChI=1S/C17H22NO5P/c1-12(2)22-17(19)13(3)18-24(20,21-4)23-16-11-7-9-14-8-5-6-10-15(14)16/h5-13H,1-4H3,(H,18,20)/t13-,24-/m0/s1. The van der Waals surface area contributed by atoms with Crippen LogP contribution in [-0.2, 0) is 18.6 Å². The summed E-state index contributed by atoms with van der Waals surface area (Å²) in [5.74, 6) is -0.112. The van der Waals surface area contributed by atoms with Crippen LogP contribution in [0.1, 0.15) is 20.8 Å². The normalized spacial score (nSPS) is 15.0. The average molecular weight is 351 g/mol. The summed E-state index contributed by atoms with van der Waals surface area (Å²) in [4.78, 5) is 11.9. The van der Waals surface area contributed by atoms with Gasteiger partial charge in [0.2, 0.25) is 0 Å². The number of rotatable bonds is 7. The zero-order valence-corrected chi connectivity index (χ0v) is 15.1. The number of fused-ring (bicyclic) bond motifs is 1. The van der Waals surface area contributed by atoms with Crippen molar-refractivity contribution in [1.82, 2.24) is 5.09 Å². The molecule has 7 heteroatoms. The topological polar surface area (TPSA) is 73.9 Å². The lowest BCUT2D eigenvalue weighted by atomic mass is 10.1. The Balaban J connectivity index is 2.20. The summed E-state index contributed by atoms with van der Waals surface area (Å²) in [5, 5.41) is 4.35. The van der Waals surface area contributed by atoms with E-state index in [0.717, 1.165) is 10.8 Å². The van der Waals surface area contributed by atoms with E-state index in [0.29, 0.717) is 5.75 Å². The van der Waals surface area contributed by atoms with Crippen LogP contribution < -0.4 is 9.61 Å². The molecule has 130 valence electrons. The first-order chi connectivity index (χ1) is 11.3. The van der Waals surface area contributed by atoms with Crippen LogP contribution in [0.25, 0.3) is 10.8 Å². The third kappa shape index (κ3) is 4.57. The van der Waals surface area contributed by atoms with Gasteiger partial charge in [0.05, 0.1) is 6.10 Å². The van der Waals surface area contributed by atoms with Crippen LogP contribution in [0.5, 0.6) is 5.75 Å². The molecule has 0 saturated carbocycles. The first kappa shape index (κ1) is 18.5. The molecule has 0 aliphatic heterocycles. The van der Waals surface area contributed by atoms with E-state index in [4.69, 9.17) is 13.8 Å². The maximum atomic E-state index is 12.8. The van der Waals surface area contributed by atoms with E-state index in [1.54, 1.807) is 32.9 Å². The van der Waals surface area contributed by atoms with E-state index in [2.05, 4.69) is 5.09 Å². The maximum Gasteiger partial charge on any atom is 0.459 e. The molecule has 0 unspecified atom stereocenters. The molecule has 0 aromatic heterocycles. The number of nitrogens with one attached hydrogen (secondary N) is 1. The van der Waals surface area contributed by atoms with Crippen molar-refractivity contribution in [3.8, 4) is 5.75 Å². The van der Waals surface area contributed by atoms with Gasteiger partial charge >= 0.3 is 13.7 Å². The molecule has 6 nitrogen and oxygen atoms in total.